The SMILES string of the molecule is Cc1c(F)cc(-c2n[nH]c(=O)o2)cc1NC(C)[C@H]1CCNC[C@H]1F. The van der Waals surface area contributed by atoms with Crippen LogP contribution in [0.2, 0.25) is 0 Å². The van der Waals surface area contributed by atoms with Gasteiger partial charge in [0.25, 0.3) is 0 Å². The van der Waals surface area contributed by atoms with Crippen molar-refractivity contribution in [2.75, 3.05) is 18.4 Å². The third-order valence-corrected chi connectivity index (χ3v) is 4.51. The quantitative estimate of drug-likeness (QED) is 0.796. The van der Waals surface area contributed by atoms with Gasteiger partial charge in [0.05, 0.1) is 0 Å². The van der Waals surface area contributed by atoms with E-state index in [1.54, 1.807) is 13.0 Å². The van der Waals surface area contributed by atoms with Gasteiger partial charge in [-0.05, 0) is 38.9 Å². The van der Waals surface area contributed by atoms with Crippen LogP contribution in [0.3, 0.4) is 0 Å². The number of aromatic amines is 1. The molecule has 1 saturated heterocycles. The van der Waals surface area contributed by atoms with Gasteiger partial charge in [-0.25, -0.2) is 18.7 Å². The molecular formula is C16H20F2N4O2. The third-order valence-electron chi connectivity index (χ3n) is 4.51. The molecule has 24 heavy (non-hydrogen) atoms. The number of nitrogens with one attached hydrogen (secondary N) is 3. The van der Waals surface area contributed by atoms with E-state index in [-0.39, 0.29) is 17.9 Å². The zero-order valence-electron chi connectivity index (χ0n) is 13.5. The lowest BCUT2D eigenvalue weighted by molar-refractivity contribution is 0.166. The molecule has 1 aliphatic heterocycles. The summed E-state index contributed by atoms with van der Waals surface area (Å²) in [6.45, 7) is 4.64. The molecule has 2 heterocycles. The molecule has 2 aromatic rings. The molecule has 0 radical (unpaired) electrons. The Morgan fingerprint density at radius 1 is 1.46 bits per heavy atom. The van der Waals surface area contributed by atoms with Crippen molar-refractivity contribution in [3.05, 3.63) is 34.1 Å². The van der Waals surface area contributed by atoms with Crippen molar-refractivity contribution >= 4 is 5.69 Å². The lowest BCUT2D eigenvalue weighted by Crippen LogP contribution is -2.44. The summed E-state index contributed by atoms with van der Waals surface area (Å²) in [5, 5.41) is 12.1. The topological polar surface area (TPSA) is 83.0 Å². The van der Waals surface area contributed by atoms with E-state index >= 15 is 0 Å². The first-order valence-corrected chi connectivity index (χ1v) is 7.93. The molecule has 1 aromatic heterocycles. The Morgan fingerprint density at radius 3 is 2.92 bits per heavy atom. The number of hydrogen-bond acceptors (Lipinski definition) is 5. The lowest BCUT2D eigenvalue weighted by Gasteiger charge is -2.32. The van der Waals surface area contributed by atoms with Gasteiger partial charge < -0.3 is 15.1 Å². The van der Waals surface area contributed by atoms with E-state index in [2.05, 4.69) is 20.8 Å². The minimum atomic E-state index is -0.945. The Morgan fingerprint density at radius 2 is 2.25 bits per heavy atom. The number of aromatic nitrogens is 2. The average molecular weight is 338 g/mol. The van der Waals surface area contributed by atoms with E-state index < -0.39 is 17.7 Å². The van der Waals surface area contributed by atoms with Crippen molar-refractivity contribution in [2.24, 2.45) is 5.92 Å². The van der Waals surface area contributed by atoms with Crippen LogP contribution >= 0.6 is 0 Å². The highest BCUT2D eigenvalue weighted by atomic mass is 19.1. The number of alkyl halides is 1. The Kier molecular flexibility index (Phi) is 4.66. The largest absolute Gasteiger partial charge is 0.434 e. The molecule has 8 heteroatoms. The summed E-state index contributed by atoms with van der Waals surface area (Å²) in [6.07, 6.45) is -0.232. The maximum absolute atomic E-state index is 14.2. The molecule has 0 aliphatic carbocycles. The fraction of sp³-hybridized carbons (Fsp3) is 0.500. The van der Waals surface area contributed by atoms with Crippen LogP contribution in [-0.2, 0) is 0 Å². The average Bonchev–Trinajstić information content (AvgIpc) is 2.98. The van der Waals surface area contributed by atoms with E-state index in [1.807, 2.05) is 6.92 Å². The van der Waals surface area contributed by atoms with Crippen LogP contribution in [0, 0.1) is 18.7 Å². The van der Waals surface area contributed by atoms with E-state index in [1.165, 1.54) is 6.07 Å². The molecular weight excluding hydrogens is 318 g/mol. The van der Waals surface area contributed by atoms with Crippen molar-refractivity contribution in [3.8, 4) is 11.5 Å². The second kappa shape index (κ2) is 6.72. The summed E-state index contributed by atoms with van der Waals surface area (Å²) in [4.78, 5) is 11.1. The summed E-state index contributed by atoms with van der Waals surface area (Å²) in [6, 6.07) is 2.75. The number of nitrogens with zero attached hydrogens (tertiary/aromatic N) is 1. The third kappa shape index (κ3) is 3.33. The number of halogens is 2. The summed E-state index contributed by atoms with van der Waals surface area (Å²) >= 11 is 0. The van der Waals surface area contributed by atoms with E-state index in [9.17, 15) is 13.6 Å². The summed E-state index contributed by atoms with van der Waals surface area (Å²) in [5.41, 5.74) is 1.30. The molecule has 1 fully saturated rings. The lowest BCUT2D eigenvalue weighted by atomic mass is 9.89. The standard InChI is InChI=1S/C16H20F2N4O2/c1-8-12(17)5-10(15-21-22-16(23)24-15)6-14(8)20-9(2)11-3-4-19-7-13(11)18/h5-6,9,11,13,19-20H,3-4,7H2,1-2H3,(H,22,23)/t9?,11-,13-/m1/s1. The van der Waals surface area contributed by atoms with Crippen LogP contribution in [0.4, 0.5) is 14.5 Å². The highest BCUT2D eigenvalue weighted by Crippen LogP contribution is 2.29. The van der Waals surface area contributed by atoms with Gasteiger partial charge in [0.1, 0.15) is 12.0 Å². The normalized spacial score (nSPS) is 22.3. The van der Waals surface area contributed by atoms with E-state index in [0.717, 1.165) is 6.54 Å². The number of anilines is 1. The van der Waals surface area contributed by atoms with Gasteiger partial charge in [-0.1, -0.05) is 0 Å². The first-order valence-electron chi connectivity index (χ1n) is 7.93. The van der Waals surface area contributed by atoms with Crippen LogP contribution in [-0.4, -0.2) is 35.5 Å². The van der Waals surface area contributed by atoms with Gasteiger partial charge >= 0.3 is 5.76 Å². The molecule has 0 saturated carbocycles. The zero-order chi connectivity index (χ0) is 17.3. The number of benzene rings is 1. The maximum atomic E-state index is 14.2. The number of rotatable bonds is 4. The van der Waals surface area contributed by atoms with Crippen molar-refractivity contribution in [1.29, 1.82) is 0 Å². The molecule has 3 N–H and O–H groups in total. The Balaban J connectivity index is 1.86. The molecule has 1 aliphatic rings. The number of H-pyrrole nitrogens is 1. The fourth-order valence-corrected chi connectivity index (χ4v) is 3.06. The highest BCUT2D eigenvalue weighted by molar-refractivity contribution is 5.65. The van der Waals surface area contributed by atoms with Crippen molar-refractivity contribution in [2.45, 2.75) is 32.5 Å². The van der Waals surface area contributed by atoms with Gasteiger partial charge in [-0.2, -0.15) is 0 Å². The fourth-order valence-electron chi connectivity index (χ4n) is 3.06. The molecule has 130 valence electrons. The summed E-state index contributed by atoms with van der Waals surface area (Å²) < 4.78 is 33.2. The number of piperidine rings is 1. The van der Waals surface area contributed by atoms with Gasteiger partial charge in [0, 0.05) is 35.3 Å². The second-order valence-corrected chi connectivity index (χ2v) is 6.15. The Labute approximate surface area is 137 Å². The molecule has 1 unspecified atom stereocenters. The van der Waals surface area contributed by atoms with Gasteiger partial charge in [-0.15, -0.1) is 5.10 Å². The first kappa shape index (κ1) is 16.6. The van der Waals surface area contributed by atoms with Gasteiger partial charge in [0.2, 0.25) is 5.89 Å². The van der Waals surface area contributed by atoms with Crippen LogP contribution in [0.15, 0.2) is 21.3 Å². The van der Waals surface area contributed by atoms with E-state index in [0.29, 0.717) is 29.8 Å². The molecule has 1 aromatic carbocycles. The van der Waals surface area contributed by atoms with Gasteiger partial charge in [0.15, 0.2) is 0 Å². The Hall–Kier alpha value is -2.22. The van der Waals surface area contributed by atoms with Crippen molar-refractivity contribution < 1.29 is 13.2 Å². The molecule has 6 nitrogen and oxygen atoms in total. The van der Waals surface area contributed by atoms with Gasteiger partial charge in [-0.3, -0.25) is 0 Å². The van der Waals surface area contributed by atoms with Crippen molar-refractivity contribution in [1.82, 2.24) is 15.5 Å². The first-order chi connectivity index (χ1) is 11.5. The monoisotopic (exact) mass is 338 g/mol. The molecule has 3 rings (SSSR count). The van der Waals surface area contributed by atoms with Crippen molar-refractivity contribution in [3.63, 3.8) is 0 Å². The van der Waals surface area contributed by atoms with E-state index in [4.69, 9.17) is 4.42 Å². The van der Waals surface area contributed by atoms with Crippen LogP contribution in [0.25, 0.3) is 11.5 Å². The number of hydrogen-bond donors (Lipinski definition) is 3. The van der Waals surface area contributed by atoms with Crippen LogP contribution in [0.5, 0.6) is 0 Å². The minimum Gasteiger partial charge on any atom is -0.388 e. The smallest absolute Gasteiger partial charge is 0.388 e. The maximum Gasteiger partial charge on any atom is 0.434 e. The van der Waals surface area contributed by atoms with Crippen LogP contribution < -0.4 is 16.4 Å². The molecule has 0 spiro atoms. The molecule has 0 amide bonds. The highest BCUT2D eigenvalue weighted by Gasteiger charge is 2.29. The Bertz CT molecular complexity index is 774. The minimum absolute atomic E-state index is 0.0137. The predicted molar refractivity (Wildman–Crippen MR) is 86.2 cm³/mol. The van der Waals surface area contributed by atoms with Crippen LogP contribution in [0.1, 0.15) is 18.9 Å². The summed E-state index contributed by atoms with van der Waals surface area (Å²) in [7, 11) is 0. The summed E-state index contributed by atoms with van der Waals surface area (Å²) in [5.74, 6) is -1.29. The molecule has 0 bridgehead atoms. The predicted octanol–water partition coefficient (Wildman–Crippen LogP) is 2.23. The zero-order valence-corrected chi connectivity index (χ0v) is 13.5. The molecule has 3 atom stereocenters. The second-order valence-electron chi connectivity index (χ2n) is 6.15.